The lowest BCUT2D eigenvalue weighted by Crippen LogP contribution is -2.58. The number of nitrogens with zero attached hydrogens (tertiary/aromatic N) is 3. The van der Waals surface area contributed by atoms with Crippen molar-refractivity contribution in [2.45, 2.75) is 70.0 Å². The highest BCUT2D eigenvalue weighted by Gasteiger charge is 2.45. The molecule has 3 fully saturated rings. The molecule has 1 aromatic carbocycles. The standard InChI is InChI=1S/C24H30FN5O3/c1-24(9-5-2-6-10-24)23(32)27-15-11-19-21(31)26-13-16(30(19)14-15)12-20-28-29-22(33-20)17-7-3-4-8-18(17)25/h3-4,7-8,15-16,19H,2,5-6,9-14H2,1H3,(H,26,31)(H,27,32)/t15-,16+,19-/m0/s1. The van der Waals surface area contributed by atoms with Crippen molar-refractivity contribution in [1.82, 2.24) is 25.7 Å². The maximum atomic E-state index is 14.1. The second kappa shape index (κ2) is 8.85. The third-order valence-electron chi connectivity index (χ3n) is 7.44. The molecular weight excluding hydrogens is 425 g/mol. The van der Waals surface area contributed by atoms with Crippen LogP contribution in [-0.4, -0.2) is 58.1 Å². The number of nitrogens with one attached hydrogen (secondary N) is 2. The predicted octanol–water partition coefficient (Wildman–Crippen LogP) is 2.45. The van der Waals surface area contributed by atoms with Crippen LogP contribution in [0.4, 0.5) is 4.39 Å². The zero-order chi connectivity index (χ0) is 23.0. The van der Waals surface area contributed by atoms with E-state index in [0.717, 1.165) is 25.7 Å². The van der Waals surface area contributed by atoms with Gasteiger partial charge in [0, 0.05) is 37.0 Å². The zero-order valence-corrected chi connectivity index (χ0v) is 18.8. The maximum absolute atomic E-state index is 14.1. The zero-order valence-electron chi connectivity index (χ0n) is 18.8. The summed E-state index contributed by atoms with van der Waals surface area (Å²) in [5, 5.41) is 14.3. The van der Waals surface area contributed by atoms with E-state index in [1.165, 1.54) is 12.5 Å². The summed E-state index contributed by atoms with van der Waals surface area (Å²) in [6, 6.07) is 5.89. The maximum Gasteiger partial charge on any atom is 0.250 e. The van der Waals surface area contributed by atoms with Crippen LogP contribution in [-0.2, 0) is 16.0 Å². The molecule has 33 heavy (non-hydrogen) atoms. The Balaban J connectivity index is 1.26. The van der Waals surface area contributed by atoms with Crippen LogP contribution in [0, 0.1) is 11.2 Å². The lowest BCUT2D eigenvalue weighted by Gasteiger charge is -2.36. The van der Waals surface area contributed by atoms with Crippen molar-refractivity contribution in [2.75, 3.05) is 13.1 Å². The van der Waals surface area contributed by atoms with Gasteiger partial charge in [-0.3, -0.25) is 14.5 Å². The quantitative estimate of drug-likeness (QED) is 0.718. The van der Waals surface area contributed by atoms with E-state index >= 15 is 0 Å². The highest BCUT2D eigenvalue weighted by Crippen LogP contribution is 2.36. The molecular formula is C24H30FN5O3. The summed E-state index contributed by atoms with van der Waals surface area (Å²) in [5.41, 5.74) is -0.0400. The number of rotatable bonds is 5. The second-order valence-corrected chi connectivity index (χ2v) is 9.82. The average molecular weight is 456 g/mol. The molecule has 2 aromatic rings. The van der Waals surface area contributed by atoms with Crippen molar-refractivity contribution < 1.29 is 18.4 Å². The molecule has 3 aliphatic rings. The minimum atomic E-state index is -0.414. The fourth-order valence-electron chi connectivity index (χ4n) is 5.47. The summed E-state index contributed by atoms with van der Waals surface area (Å²) in [6.07, 6.45) is 6.25. The Hall–Kier alpha value is -2.81. The number of hydrogen-bond donors (Lipinski definition) is 2. The number of carbonyl (C=O) groups is 2. The fourth-order valence-corrected chi connectivity index (χ4v) is 5.47. The lowest BCUT2D eigenvalue weighted by atomic mass is 9.75. The van der Waals surface area contributed by atoms with E-state index in [1.54, 1.807) is 18.2 Å². The Bertz CT molecular complexity index is 1030. The number of aromatic nitrogens is 2. The summed E-state index contributed by atoms with van der Waals surface area (Å²) >= 11 is 0. The van der Waals surface area contributed by atoms with Gasteiger partial charge in [0.2, 0.25) is 17.7 Å². The van der Waals surface area contributed by atoms with Crippen LogP contribution < -0.4 is 10.6 Å². The molecule has 2 amide bonds. The topological polar surface area (TPSA) is 100 Å². The van der Waals surface area contributed by atoms with Gasteiger partial charge < -0.3 is 15.1 Å². The summed E-state index contributed by atoms with van der Waals surface area (Å²) in [6.45, 7) is 3.13. The van der Waals surface area contributed by atoms with E-state index in [9.17, 15) is 14.0 Å². The second-order valence-electron chi connectivity index (χ2n) is 9.82. The number of benzene rings is 1. The largest absolute Gasteiger partial charge is 0.421 e. The van der Waals surface area contributed by atoms with Crippen molar-refractivity contribution in [2.24, 2.45) is 5.41 Å². The van der Waals surface area contributed by atoms with Gasteiger partial charge in [-0.1, -0.05) is 38.3 Å². The molecule has 2 saturated heterocycles. The van der Waals surface area contributed by atoms with Gasteiger partial charge in [0.15, 0.2) is 0 Å². The Morgan fingerprint density at radius 3 is 2.85 bits per heavy atom. The van der Waals surface area contributed by atoms with E-state index in [4.69, 9.17) is 4.42 Å². The van der Waals surface area contributed by atoms with Crippen molar-refractivity contribution in [3.8, 4) is 11.5 Å². The van der Waals surface area contributed by atoms with Crippen molar-refractivity contribution >= 4 is 11.8 Å². The van der Waals surface area contributed by atoms with E-state index < -0.39 is 5.82 Å². The molecule has 1 aliphatic carbocycles. The number of halogens is 1. The Morgan fingerprint density at radius 1 is 1.27 bits per heavy atom. The number of carbonyl (C=O) groups excluding carboxylic acids is 2. The first kappa shape index (κ1) is 22.0. The van der Waals surface area contributed by atoms with Crippen LogP contribution >= 0.6 is 0 Å². The molecule has 0 spiro atoms. The van der Waals surface area contributed by atoms with E-state index in [2.05, 4.69) is 32.7 Å². The summed E-state index contributed by atoms with van der Waals surface area (Å²) in [5.74, 6) is 0.226. The van der Waals surface area contributed by atoms with Crippen LogP contribution in [0.1, 0.15) is 51.3 Å². The number of piperazine rings is 1. The molecule has 0 unspecified atom stereocenters. The van der Waals surface area contributed by atoms with Gasteiger partial charge in [-0.05, 0) is 31.4 Å². The van der Waals surface area contributed by atoms with Gasteiger partial charge in [-0.15, -0.1) is 10.2 Å². The minimum absolute atomic E-state index is 0.00977. The number of amides is 2. The SMILES string of the molecule is CC1(C(=O)N[C@H]2C[C@H]3C(=O)NC[C@@H](Cc4nnc(-c5ccccc5F)o4)N3C2)CCCCC1. The van der Waals surface area contributed by atoms with Crippen molar-refractivity contribution in [3.05, 3.63) is 36.0 Å². The molecule has 2 N–H and O–H groups in total. The Labute approximate surface area is 192 Å². The molecule has 0 bridgehead atoms. The molecule has 0 radical (unpaired) electrons. The first-order chi connectivity index (χ1) is 15.9. The van der Waals surface area contributed by atoms with Crippen LogP contribution in [0.3, 0.4) is 0 Å². The predicted molar refractivity (Wildman–Crippen MR) is 118 cm³/mol. The average Bonchev–Trinajstić information content (AvgIpc) is 3.44. The van der Waals surface area contributed by atoms with Gasteiger partial charge in [-0.2, -0.15) is 0 Å². The molecule has 1 saturated carbocycles. The number of fused-ring (bicyclic) bond motifs is 1. The van der Waals surface area contributed by atoms with Crippen molar-refractivity contribution in [3.63, 3.8) is 0 Å². The highest BCUT2D eigenvalue weighted by atomic mass is 19.1. The van der Waals surface area contributed by atoms with Gasteiger partial charge in [0.25, 0.3) is 5.89 Å². The number of hydrogen-bond acceptors (Lipinski definition) is 6. The smallest absolute Gasteiger partial charge is 0.250 e. The van der Waals surface area contributed by atoms with Crippen molar-refractivity contribution in [1.29, 1.82) is 0 Å². The lowest BCUT2D eigenvalue weighted by molar-refractivity contribution is -0.132. The van der Waals surface area contributed by atoms with Crippen LogP contribution in [0.15, 0.2) is 28.7 Å². The molecule has 8 nitrogen and oxygen atoms in total. The van der Waals surface area contributed by atoms with Gasteiger partial charge in [0.05, 0.1) is 11.6 Å². The first-order valence-electron chi connectivity index (χ1n) is 11.8. The van der Waals surface area contributed by atoms with Gasteiger partial charge in [0.1, 0.15) is 5.82 Å². The van der Waals surface area contributed by atoms with Crippen LogP contribution in [0.25, 0.3) is 11.5 Å². The van der Waals surface area contributed by atoms with Gasteiger partial charge >= 0.3 is 0 Å². The summed E-state index contributed by atoms with van der Waals surface area (Å²) in [7, 11) is 0. The van der Waals surface area contributed by atoms with E-state index in [0.29, 0.717) is 31.8 Å². The van der Waals surface area contributed by atoms with Crippen LogP contribution in [0.2, 0.25) is 0 Å². The Kier molecular flexibility index (Phi) is 5.90. The molecule has 3 heterocycles. The Morgan fingerprint density at radius 2 is 2.06 bits per heavy atom. The molecule has 9 heteroatoms. The van der Waals surface area contributed by atoms with Crippen LogP contribution in [0.5, 0.6) is 0 Å². The molecule has 5 rings (SSSR count). The fraction of sp³-hybridized carbons (Fsp3) is 0.583. The third kappa shape index (κ3) is 4.38. The van der Waals surface area contributed by atoms with E-state index in [1.807, 2.05) is 0 Å². The first-order valence-corrected chi connectivity index (χ1v) is 11.8. The highest BCUT2D eigenvalue weighted by molar-refractivity contribution is 5.85. The summed E-state index contributed by atoms with van der Waals surface area (Å²) in [4.78, 5) is 27.7. The third-order valence-corrected chi connectivity index (χ3v) is 7.44. The molecule has 2 aliphatic heterocycles. The monoisotopic (exact) mass is 455 g/mol. The van der Waals surface area contributed by atoms with E-state index in [-0.39, 0.29) is 46.8 Å². The molecule has 176 valence electrons. The normalized spacial score (nSPS) is 27.1. The van der Waals surface area contributed by atoms with Gasteiger partial charge in [-0.25, -0.2) is 4.39 Å². The molecule has 1 aromatic heterocycles. The summed E-state index contributed by atoms with van der Waals surface area (Å²) < 4.78 is 19.8. The molecule has 3 atom stereocenters. The minimum Gasteiger partial charge on any atom is -0.421 e.